The summed E-state index contributed by atoms with van der Waals surface area (Å²) in [5.41, 5.74) is 1.75. The molecule has 0 aliphatic rings. The minimum absolute atomic E-state index is 0.0613. The van der Waals surface area contributed by atoms with Crippen LogP contribution in [0.1, 0.15) is 52.7 Å². The Bertz CT molecular complexity index is 1190. The van der Waals surface area contributed by atoms with Crippen molar-refractivity contribution in [2.24, 2.45) is 5.92 Å². The number of anilines is 1. The summed E-state index contributed by atoms with van der Waals surface area (Å²) in [5, 5.41) is 3.53. The molecule has 0 unspecified atom stereocenters. The molecule has 0 radical (unpaired) electrons. The van der Waals surface area contributed by atoms with Crippen LogP contribution >= 0.6 is 23.2 Å². The number of carbonyl (C=O) groups is 2. The molecule has 1 atom stereocenters. The van der Waals surface area contributed by atoms with Crippen LogP contribution in [0.2, 0.25) is 10.0 Å². The largest absolute Gasteiger partial charge is 0.354 e. The second-order valence-corrected chi connectivity index (χ2v) is 13.3. The summed E-state index contributed by atoms with van der Waals surface area (Å²) in [6.45, 7) is 11.6. The van der Waals surface area contributed by atoms with E-state index in [2.05, 4.69) is 26.1 Å². The first-order chi connectivity index (χ1) is 17.0. The SMILES string of the molecule is CC(C)CNC(=O)[C@@H](C)N(Cc1c(Cl)cccc1Cl)C(=O)CN(c1ccc(C(C)(C)C)cc1)S(C)(=O)=O. The molecule has 1 N–H and O–H groups in total. The molecule has 0 fully saturated rings. The Morgan fingerprint density at radius 1 is 0.973 bits per heavy atom. The lowest BCUT2D eigenvalue weighted by atomic mass is 9.87. The smallest absolute Gasteiger partial charge is 0.244 e. The molecule has 2 aromatic carbocycles. The van der Waals surface area contributed by atoms with Crippen molar-refractivity contribution in [3.63, 3.8) is 0 Å². The highest BCUT2D eigenvalue weighted by Crippen LogP contribution is 2.28. The first-order valence-corrected chi connectivity index (χ1v) is 14.7. The summed E-state index contributed by atoms with van der Waals surface area (Å²) < 4.78 is 26.5. The van der Waals surface area contributed by atoms with Crippen molar-refractivity contribution >= 4 is 50.7 Å². The highest BCUT2D eigenvalue weighted by atomic mass is 35.5. The Morgan fingerprint density at radius 3 is 1.97 bits per heavy atom. The Morgan fingerprint density at radius 2 is 1.51 bits per heavy atom. The van der Waals surface area contributed by atoms with E-state index in [0.29, 0.717) is 27.8 Å². The number of benzene rings is 2. The lowest BCUT2D eigenvalue weighted by molar-refractivity contribution is -0.139. The Labute approximate surface area is 231 Å². The van der Waals surface area contributed by atoms with Crippen molar-refractivity contribution in [1.82, 2.24) is 10.2 Å². The maximum Gasteiger partial charge on any atom is 0.244 e. The van der Waals surface area contributed by atoms with Crippen LogP contribution in [0.15, 0.2) is 42.5 Å². The molecule has 37 heavy (non-hydrogen) atoms. The number of hydrogen-bond donors (Lipinski definition) is 1. The molecule has 7 nitrogen and oxygen atoms in total. The third-order valence-corrected chi connectivity index (χ3v) is 7.79. The number of carbonyl (C=O) groups excluding carboxylic acids is 2. The summed E-state index contributed by atoms with van der Waals surface area (Å²) in [6, 6.07) is 11.1. The lowest BCUT2D eigenvalue weighted by Gasteiger charge is -2.32. The summed E-state index contributed by atoms with van der Waals surface area (Å²) in [7, 11) is -3.82. The highest BCUT2D eigenvalue weighted by Gasteiger charge is 2.31. The van der Waals surface area contributed by atoms with E-state index in [1.54, 1.807) is 37.3 Å². The van der Waals surface area contributed by atoms with E-state index in [0.717, 1.165) is 16.1 Å². The molecule has 0 heterocycles. The Balaban J connectivity index is 2.44. The van der Waals surface area contributed by atoms with Gasteiger partial charge in [0.05, 0.1) is 11.9 Å². The predicted molar refractivity (Wildman–Crippen MR) is 152 cm³/mol. The molecule has 0 spiro atoms. The fraction of sp³-hybridized carbons (Fsp3) is 0.481. The van der Waals surface area contributed by atoms with Crippen molar-refractivity contribution in [2.45, 2.75) is 59.5 Å². The van der Waals surface area contributed by atoms with Gasteiger partial charge in [0.25, 0.3) is 0 Å². The average molecular weight is 571 g/mol. The molecule has 0 saturated carbocycles. The fourth-order valence-corrected chi connectivity index (χ4v) is 5.00. The molecular weight excluding hydrogens is 533 g/mol. The summed E-state index contributed by atoms with van der Waals surface area (Å²) >= 11 is 12.7. The minimum Gasteiger partial charge on any atom is -0.354 e. The standard InChI is InChI=1S/C27H37Cl2N3O4S/c1-18(2)15-30-26(34)19(3)31(16-22-23(28)9-8-10-24(22)29)25(33)17-32(37(7,35)36)21-13-11-20(12-14-21)27(4,5)6/h8-14,18-19H,15-17H2,1-7H3,(H,30,34)/t19-/m1/s1. The number of sulfonamides is 1. The van der Waals surface area contributed by atoms with Gasteiger partial charge in [-0.15, -0.1) is 0 Å². The fourth-order valence-electron chi connectivity index (χ4n) is 3.63. The van der Waals surface area contributed by atoms with Gasteiger partial charge in [-0.3, -0.25) is 13.9 Å². The zero-order valence-corrected chi connectivity index (χ0v) is 24.8. The summed E-state index contributed by atoms with van der Waals surface area (Å²) in [5.74, 6) is -0.700. The molecule has 0 aliphatic heterocycles. The molecule has 0 saturated heterocycles. The van der Waals surface area contributed by atoms with Crippen molar-refractivity contribution in [3.8, 4) is 0 Å². The second-order valence-electron chi connectivity index (χ2n) is 10.6. The van der Waals surface area contributed by atoms with Gasteiger partial charge in [-0.05, 0) is 48.1 Å². The quantitative estimate of drug-likeness (QED) is 0.423. The highest BCUT2D eigenvalue weighted by molar-refractivity contribution is 7.92. The van der Waals surface area contributed by atoms with Crippen LogP contribution in [-0.2, 0) is 31.6 Å². The Kier molecular flexibility index (Phi) is 10.5. The maximum absolute atomic E-state index is 13.7. The van der Waals surface area contributed by atoms with Crippen molar-refractivity contribution in [2.75, 3.05) is 23.7 Å². The first-order valence-electron chi connectivity index (χ1n) is 12.1. The molecule has 2 rings (SSSR count). The molecule has 2 aromatic rings. The summed E-state index contributed by atoms with van der Waals surface area (Å²) in [4.78, 5) is 27.9. The summed E-state index contributed by atoms with van der Waals surface area (Å²) in [6.07, 6.45) is 1.05. The number of halogens is 2. The van der Waals surface area contributed by atoms with Crippen LogP contribution in [0.25, 0.3) is 0 Å². The normalized spacial score (nSPS) is 12.8. The van der Waals surface area contributed by atoms with E-state index >= 15 is 0 Å². The van der Waals surface area contributed by atoms with Crippen LogP contribution in [0.3, 0.4) is 0 Å². The van der Waals surface area contributed by atoms with Gasteiger partial charge in [0.15, 0.2) is 0 Å². The Hall–Kier alpha value is -2.29. The number of nitrogens with one attached hydrogen (secondary N) is 1. The van der Waals surface area contributed by atoms with Gasteiger partial charge in [0.1, 0.15) is 12.6 Å². The molecule has 10 heteroatoms. The molecular formula is C27H37Cl2N3O4S. The van der Waals surface area contributed by atoms with Gasteiger partial charge < -0.3 is 10.2 Å². The molecule has 204 valence electrons. The number of rotatable bonds is 10. The van der Waals surface area contributed by atoms with E-state index in [1.807, 2.05) is 26.0 Å². The third kappa shape index (κ3) is 8.62. The second kappa shape index (κ2) is 12.5. The van der Waals surface area contributed by atoms with Crippen molar-refractivity contribution in [1.29, 1.82) is 0 Å². The number of nitrogens with zero attached hydrogens (tertiary/aromatic N) is 2. The molecule has 0 aliphatic carbocycles. The van der Waals surface area contributed by atoms with Gasteiger partial charge in [0, 0.05) is 28.7 Å². The number of hydrogen-bond acceptors (Lipinski definition) is 4. The maximum atomic E-state index is 13.7. The zero-order valence-electron chi connectivity index (χ0n) is 22.5. The lowest BCUT2D eigenvalue weighted by Crippen LogP contribution is -2.51. The molecule has 2 amide bonds. The van der Waals surface area contributed by atoms with Crippen molar-refractivity contribution in [3.05, 3.63) is 63.6 Å². The third-order valence-electron chi connectivity index (χ3n) is 5.94. The average Bonchev–Trinajstić information content (AvgIpc) is 2.79. The molecule has 0 aromatic heterocycles. The monoisotopic (exact) mass is 569 g/mol. The van der Waals surface area contributed by atoms with E-state index in [4.69, 9.17) is 23.2 Å². The number of amides is 2. The van der Waals surface area contributed by atoms with Gasteiger partial charge >= 0.3 is 0 Å². The van der Waals surface area contributed by atoms with Crippen LogP contribution in [0.4, 0.5) is 5.69 Å². The van der Waals surface area contributed by atoms with Gasteiger partial charge in [-0.2, -0.15) is 0 Å². The van der Waals surface area contributed by atoms with Crippen LogP contribution in [0, 0.1) is 5.92 Å². The van der Waals surface area contributed by atoms with Crippen molar-refractivity contribution < 1.29 is 18.0 Å². The topological polar surface area (TPSA) is 86.8 Å². The van der Waals surface area contributed by atoms with Crippen LogP contribution < -0.4 is 9.62 Å². The van der Waals surface area contributed by atoms with E-state index in [9.17, 15) is 18.0 Å². The first kappa shape index (κ1) is 30.9. The van der Waals surface area contributed by atoms with Gasteiger partial charge in [-0.1, -0.05) is 76.0 Å². The molecule has 0 bridgehead atoms. The van der Waals surface area contributed by atoms with Gasteiger partial charge in [-0.25, -0.2) is 8.42 Å². The zero-order chi connectivity index (χ0) is 28.1. The van der Waals surface area contributed by atoms with E-state index in [1.165, 1.54) is 4.90 Å². The van der Waals surface area contributed by atoms with Gasteiger partial charge in [0.2, 0.25) is 21.8 Å². The predicted octanol–water partition coefficient (Wildman–Crippen LogP) is 5.25. The minimum atomic E-state index is -3.82. The van der Waals surface area contributed by atoms with E-state index in [-0.39, 0.29) is 23.8 Å². The van der Waals surface area contributed by atoms with Crippen LogP contribution in [0.5, 0.6) is 0 Å². The van der Waals surface area contributed by atoms with E-state index < -0.39 is 28.5 Å². The van der Waals surface area contributed by atoms with Crippen LogP contribution in [-0.4, -0.2) is 50.5 Å².